The van der Waals surface area contributed by atoms with Gasteiger partial charge >= 0.3 is 12.2 Å². The smallest absolute Gasteiger partial charge is 0.410 e. The molecular formula is C66H77FN14O8S2. The second-order valence-corrected chi connectivity index (χ2v) is 25.5. The number of aromatic nitrogens is 8. The summed E-state index contributed by atoms with van der Waals surface area (Å²) in [6.45, 7) is 12.4. The Morgan fingerprint density at radius 1 is 0.560 bits per heavy atom. The zero-order valence-electron chi connectivity index (χ0n) is 52.1. The second kappa shape index (κ2) is 33.0. The Kier molecular flexibility index (Phi) is 24.6. The van der Waals surface area contributed by atoms with E-state index in [9.17, 15) is 29.1 Å². The van der Waals surface area contributed by atoms with Crippen LogP contribution in [0.3, 0.4) is 0 Å². The quantitative estimate of drug-likeness (QED) is 0.0180. The molecule has 0 aliphatic rings. The number of nitrogens with zero attached hydrogens (tertiary/aromatic N) is 9. The van der Waals surface area contributed by atoms with Gasteiger partial charge in [0.05, 0.1) is 37.2 Å². The number of unbranched alkanes of at least 4 members (excludes halogenated alkanes) is 2. The summed E-state index contributed by atoms with van der Waals surface area (Å²) in [6, 6.07) is 35.7. The number of amides is 5. The highest BCUT2D eigenvalue weighted by molar-refractivity contribution is 7.15. The van der Waals surface area contributed by atoms with E-state index >= 15 is 4.39 Å². The van der Waals surface area contributed by atoms with Crippen molar-refractivity contribution in [2.45, 2.75) is 162 Å². The van der Waals surface area contributed by atoms with Gasteiger partial charge in [-0.05, 0) is 144 Å². The Labute approximate surface area is 536 Å². The molecule has 5 amide bonds. The minimum absolute atomic E-state index is 0.000210. The maximum absolute atomic E-state index is 15.7. The number of carbonyl (C=O) groups excluding carboxylic acids is 5. The highest BCUT2D eigenvalue weighted by atomic mass is 32.1. The number of aryl methyl sites for hydroxylation is 4. The molecule has 8 rings (SSSR count). The Balaban J connectivity index is 0.759. The number of alkyl carbamates (subject to hydrolysis) is 1. The Hall–Kier alpha value is -9.20. The summed E-state index contributed by atoms with van der Waals surface area (Å²) in [5, 5.41) is 62.0. The van der Waals surface area contributed by atoms with Gasteiger partial charge in [0, 0.05) is 36.9 Å². The number of rotatable bonds is 30. The first kappa shape index (κ1) is 67.7. The van der Waals surface area contributed by atoms with Gasteiger partial charge in [0.25, 0.3) is 0 Å². The lowest BCUT2D eigenvalue weighted by atomic mass is 9.96. The van der Waals surface area contributed by atoms with E-state index in [1.54, 1.807) is 71.0 Å². The molecular weight excluding hydrogens is 1200 g/mol. The largest absolute Gasteiger partial charge is 0.444 e. The van der Waals surface area contributed by atoms with Crippen molar-refractivity contribution in [3.63, 3.8) is 0 Å². The standard InChI is InChI=1S/C66H77FN14O8S2/c1-41(2)68-64(86)88-43(4)49-22-16-20-46(34-49)37-58(84)72-63-80-78-60(91-63)26-13-11-23-51-28-31-54(75-73-51)69-56(82)36-45-19-15-21-47(33-45)39-81(65(87)89-66(5,6)7)40-50-38-48(27-30-53(50)67)42(3)61(85)70-55-32-29-52(74-76-55)24-12-14-25-59-77-79-62(90-59)71-57(83)35-44-17-9-8-10-18-44/h8-10,15-22,27-34,38,41-43,61,85H,11-14,23-26,35-37,39-40H2,1-7H3,(H,68,86)(H,70,76)(H,69,75,82)(H,71,79,83)(H,72,80,84). The lowest BCUT2D eigenvalue weighted by molar-refractivity contribution is -0.116. The van der Waals surface area contributed by atoms with Crippen LogP contribution in [0.1, 0.15) is 147 Å². The summed E-state index contributed by atoms with van der Waals surface area (Å²) in [6.07, 6.45) is 3.50. The molecule has 0 spiro atoms. The number of carbonyl (C=O) groups is 5. The van der Waals surface area contributed by atoms with Gasteiger partial charge in [-0.25, -0.2) is 14.0 Å². The molecule has 0 fully saturated rings. The normalized spacial score (nSPS) is 12.3. The van der Waals surface area contributed by atoms with Crippen molar-refractivity contribution < 1.29 is 42.9 Å². The fourth-order valence-electron chi connectivity index (χ4n) is 9.46. The van der Waals surface area contributed by atoms with E-state index < -0.39 is 41.9 Å². The van der Waals surface area contributed by atoms with Gasteiger partial charge in [-0.2, -0.15) is 10.2 Å². The zero-order chi connectivity index (χ0) is 64.9. The fourth-order valence-corrected chi connectivity index (χ4v) is 11.1. The highest BCUT2D eigenvalue weighted by Crippen LogP contribution is 2.27. The van der Waals surface area contributed by atoms with Crippen molar-refractivity contribution in [3.05, 3.63) is 187 Å². The van der Waals surface area contributed by atoms with Crippen LogP contribution < -0.4 is 26.6 Å². The molecule has 0 saturated carbocycles. The van der Waals surface area contributed by atoms with E-state index in [0.717, 1.165) is 63.8 Å². The third kappa shape index (κ3) is 22.7. The molecule has 4 aromatic carbocycles. The van der Waals surface area contributed by atoms with Crippen LogP contribution in [0.15, 0.2) is 121 Å². The number of anilines is 4. The molecule has 3 atom stereocenters. The van der Waals surface area contributed by atoms with Crippen molar-refractivity contribution in [3.8, 4) is 0 Å². The molecule has 8 aromatic rings. The number of hydrogen-bond acceptors (Lipinski definition) is 19. The average Bonchev–Trinajstić information content (AvgIpc) is 2.27. The molecule has 478 valence electrons. The van der Waals surface area contributed by atoms with Crippen molar-refractivity contribution in [1.82, 2.24) is 51.0 Å². The Morgan fingerprint density at radius 2 is 1.11 bits per heavy atom. The molecule has 0 saturated heterocycles. The van der Waals surface area contributed by atoms with Crippen LogP contribution in [0, 0.1) is 5.82 Å². The number of hydrogen-bond donors (Lipinski definition) is 6. The highest BCUT2D eigenvalue weighted by Gasteiger charge is 2.26. The number of benzene rings is 4. The summed E-state index contributed by atoms with van der Waals surface area (Å²) < 4.78 is 27.0. The van der Waals surface area contributed by atoms with Gasteiger partial charge < -0.3 is 41.2 Å². The van der Waals surface area contributed by atoms with E-state index in [1.165, 1.54) is 33.6 Å². The van der Waals surface area contributed by atoms with Crippen LogP contribution >= 0.6 is 22.7 Å². The minimum atomic E-state index is -1.13. The van der Waals surface area contributed by atoms with Crippen LogP contribution in [0.5, 0.6) is 0 Å². The number of nitrogens with one attached hydrogen (secondary N) is 5. The van der Waals surface area contributed by atoms with Crippen LogP contribution in [0.2, 0.25) is 0 Å². The van der Waals surface area contributed by atoms with Crippen LogP contribution in [0.4, 0.5) is 35.9 Å². The lowest BCUT2D eigenvalue weighted by Gasteiger charge is -2.28. The first-order valence-electron chi connectivity index (χ1n) is 30.2. The zero-order valence-corrected chi connectivity index (χ0v) is 53.7. The van der Waals surface area contributed by atoms with Crippen LogP contribution in [0.25, 0.3) is 0 Å². The van der Waals surface area contributed by atoms with Gasteiger partial charge in [-0.3, -0.25) is 19.3 Å². The first-order valence-corrected chi connectivity index (χ1v) is 31.9. The third-order valence-electron chi connectivity index (χ3n) is 14.1. The SMILES string of the molecule is CC(C)NC(=O)OC(C)c1cccc(CC(=O)Nc2nnc(CCCCc3ccc(NC(=O)Cc4cccc(CN(Cc5cc(C(C)C(O)Nc6ccc(CCCCc7nnc(NC(=O)Cc8ccccc8)s7)nn6)ccc5F)C(=O)OC(C)(C)C)c4)nn3)s2)c1. The Morgan fingerprint density at radius 3 is 1.70 bits per heavy atom. The number of ether oxygens (including phenoxy) is 2. The van der Waals surface area contributed by atoms with E-state index in [0.29, 0.717) is 64.3 Å². The van der Waals surface area contributed by atoms with Gasteiger partial charge in [-0.15, -0.1) is 30.6 Å². The minimum Gasteiger partial charge on any atom is -0.444 e. The molecule has 0 aliphatic carbocycles. The van der Waals surface area contributed by atoms with Crippen LogP contribution in [-0.2, 0) is 81.9 Å². The number of aliphatic hydroxyl groups is 1. The molecule has 0 radical (unpaired) electrons. The molecule has 0 bridgehead atoms. The number of halogens is 1. The second-order valence-electron chi connectivity index (χ2n) is 23.4. The van der Waals surface area contributed by atoms with Crippen LogP contribution in [-0.4, -0.2) is 98.6 Å². The summed E-state index contributed by atoms with van der Waals surface area (Å²) in [4.78, 5) is 65.9. The summed E-state index contributed by atoms with van der Waals surface area (Å²) in [5.41, 5.74) is 5.32. The summed E-state index contributed by atoms with van der Waals surface area (Å²) in [5.74, 6) is -1.14. The van der Waals surface area contributed by atoms with Crippen molar-refractivity contribution in [1.29, 1.82) is 0 Å². The third-order valence-corrected chi connectivity index (χ3v) is 15.9. The van der Waals surface area contributed by atoms with Gasteiger partial charge in [0.15, 0.2) is 11.6 Å². The van der Waals surface area contributed by atoms with E-state index in [1.807, 2.05) is 92.7 Å². The molecule has 0 aliphatic heterocycles. The molecule has 22 nitrogen and oxygen atoms in total. The van der Waals surface area contributed by atoms with Crippen molar-refractivity contribution >= 4 is 74.5 Å². The van der Waals surface area contributed by atoms with E-state index in [2.05, 4.69) is 67.4 Å². The van der Waals surface area contributed by atoms with Crippen molar-refractivity contribution in [2.75, 3.05) is 21.3 Å². The van der Waals surface area contributed by atoms with Gasteiger partial charge in [0.2, 0.25) is 28.0 Å². The topological polar surface area (TPSA) is 291 Å². The molecule has 25 heteroatoms. The predicted octanol–water partition coefficient (Wildman–Crippen LogP) is 11.4. The maximum Gasteiger partial charge on any atom is 0.410 e. The molecule has 3 unspecified atom stereocenters. The average molecular weight is 1280 g/mol. The van der Waals surface area contributed by atoms with Gasteiger partial charge in [-0.1, -0.05) is 121 Å². The lowest BCUT2D eigenvalue weighted by Crippen LogP contribution is -2.36. The monoisotopic (exact) mass is 1280 g/mol. The first-order chi connectivity index (χ1) is 43.6. The molecule has 6 N–H and O–H groups in total. The summed E-state index contributed by atoms with van der Waals surface area (Å²) >= 11 is 2.68. The van der Waals surface area contributed by atoms with Gasteiger partial charge in [0.1, 0.15) is 33.8 Å². The summed E-state index contributed by atoms with van der Waals surface area (Å²) in [7, 11) is 0. The Bertz CT molecular complexity index is 3700. The molecule has 4 aromatic heterocycles. The number of aliphatic hydroxyl groups excluding tert-OH is 1. The predicted molar refractivity (Wildman–Crippen MR) is 347 cm³/mol. The maximum atomic E-state index is 15.7. The van der Waals surface area contributed by atoms with E-state index in [4.69, 9.17) is 9.47 Å². The van der Waals surface area contributed by atoms with Crippen molar-refractivity contribution in [2.24, 2.45) is 0 Å². The molecule has 4 heterocycles. The fraction of sp³-hybridized carbons (Fsp3) is 0.379. The van der Waals surface area contributed by atoms with E-state index in [-0.39, 0.29) is 61.7 Å². The molecule has 91 heavy (non-hydrogen) atoms.